The first-order valence-corrected chi connectivity index (χ1v) is 8.52. The fourth-order valence-electron chi connectivity index (χ4n) is 2.01. The van der Waals surface area contributed by atoms with Crippen molar-refractivity contribution in [2.75, 3.05) is 13.2 Å². The molecule has 152 valence electrons. The van der Waals surface area contributed by atoms with Gasteiger partial charge in [0.25, 0.3) is 17.5 Å². The average Bonchev–Trinajstić information content (AvgIpc) is 2.71. The van der Waals surface area contributed by atoms with Crippen molar-refractivity contribution in [2.45, 2.75) is 6.92 Å². The molecule has 0 saturated carbocycles. The molecule has 2 rings (SSSR count). The minimum atomic E-state index is -0.783. The molecule has 2 amide bonds. The van der Waals surface area contributed by atoms with Crippen LogP contribution in [0.1, 0.15) is 15.9 Å². The Balaban J connectivity index is 1.70. The molecular formula is C18H16ClN3O7. The fraction of sp³-hybridized carbons (Fsp3) is 0.167. The third kappa shape index (κ3) is 6.78. The van der Waals surface area contributed by atoms with Crippen molar-refractivity contribution in [3.63, 3.8) is 0 Å². The number of aryl methyl sites for hydroxylation is 1. The molecule has 0 atom stereocenters. The van der Waals surface area contributed by atoms with Gasteiger partial charge < -0.3 is 9.47 Å². The molecule has 11 heteroatoms. The number of hydrogen-bond acceptors (Lipinski definition) is 7. The van der Waals surface area contributed by atoms with E-state index < -0.39 is 35.9 Å². The number of nitro groups is 1. The maximum absolute atomic E-state index is 11.8. The number of benzene rings is 2. The Labute approximate surface area is 169 Å². The molecule has 29 heavy (non-hydrogen) atoms. The lowest BCUT2D eigenvalue weighted by Gasteiger charge is -2.09. The topological polar surface area (TPSA) is 137 Å². The van der Waals surface area contributed by atoms with Crippen LogP contribution in [0.4, 0.5) is 5.69 Å². The van der Waals surface area contributed by atoms with Gasteiger partial charge in [-0.25, -0.2) is 4.79 Å². The molecule has 0 bridgehead atoms. The van der Waals surface area contributed by atoms with Gasteiger partial charge in [-0.1, -0.05) is 11.6 Å². The Morgan fingerprint density at radius 1 is 1.07 bits per heavy atom. The summed E-state index contributed by atoms with van der Waals surface area (Å²) in [5.74, 6) is -1.84. The molecule has 2 N–H and O–H groups in total. The van der Waals surface area contributed by atoms with Crippen molar-refractivity contribution < 1.29 is 28.8 Å². The second kappa shape index (κ2) is 10.0. The van der Waals surface area contributed by atoms with E-state index in [4.69, 9.17) is 21.1 Å². The second-order valence-corrected chi connectivity index (χ2v) is 6.07. The highest BCUT2D eigenvalue weighted by atomic mass is 35.5. The van der Waals surface area contributed by atoms with Crippen molar-refractivity contribution in [2.24, 2.45) is 0 Å². The summed E-state index contributed by atoms with van der Waals surface area (Å²) in [5.41, 5.74) is 4.86. The molecular weight excluding hydrogens is 406 g/mol. The number of halogens is 1. The van der Waals surface area contributed by atoms with Crippen LogP contribution in [0.5, 0.6) is 5.75 Å². The first-order chi connectivity index (χ1) is 13.8. The van der Waals surface area contributed by atoms with Gasteiger partial charge in [-0.15, -0.1) is 0 Å². The van der Waals surface area contributed by atoms with Crippen molar-refractivity contribution in [3.05, 3.63) is 68.7 Å². The Morgan fingerprint density at radius 3 is 2.38 bits per heavy atom. The summed E-state index contributed by atoms with van der Waals surface area (Å²) in [6, 6.07) is 9.63. The van der Waals surface area contributed by atoms with Crippen LogP contribution in [0, 0.1) is 17.0 Å². The predicted octanol–water partition coefficient (Wildman–Crippen LogP) is 1.94. The zero-order valence-corrected chi connectivity index (χ0v) is 15.9. The molecule has 0 heterocycles. The first-order valence-electron chi connectivity index (χ1n) is 8.14. The van der Waals surface area contributed by atoms with Gasteiger partial charge in [0.05, 0.1) is 4.92 Å². The highest BCUT2D eigenvalue weighted by molar-refractivity contribution is 6.31. The molecule has 0 aliphatic carbocycles. The smallest absolute Gasteiger partial charge is 0.344 e. The van der Waals surface area contributed by atoms with E-state index in [1.165, 1.54) is 12.1 Å². The molecule has 0 saturated heterocycles. The number of hydrogen-bond donors (Lipinski definition) is 2. The standard InChI is InChI=1S/C18H16ClN3O7/c1-11-8-14(6-7-15(11)19)28-10-17(24)29-9-16(23)20-21-18(25)12-2-4-13(5-3-12)22(26)27/h2-8H,9-10H2,1H3,(H,20,23)(H,21,25). The molecule has 2 aromatic carbocycles. The van der Waals surface area contributed by atoms with Gasteiger partial charge >= 0.3 is 5.97 Å². The number of rotatable bonds is 7. The van der Waals surface area contributed by atoms with Crippen LogP contribution in [0.25, 0.3) is 0 Å². The number of ether oxygens (including phenoxy) is 2. The Kier molecular flexibility index (Phi) is 7.49. The summed E-state index contributed by atoms with van der Waals surface area (Å²) < 4.78 is 9.97. The molecule has 10 nitrogen and oxygen atoms in total. The second-order valence-electron chi connectivity index (χ2n) is 5.67. The Hall–Kier alpha value is -3.66. The summed E-state index contributed by atoms with van der Waals surface area (Å²) in [7, 11) is 0. The van der Waals surface area contributed by atoms with E-state index in [0.717, 1.165) is 17.7 Å². The lowest BCUT2D eigenvalue weighted by Crippen LogP contribution is -2.43. The van der Waals surface area contributed by atoms with Crippen molar-refractivity contribution in [1.82, 2.24) is 10.9 Å². The molecule has 0 radical (unpaired) electrons. The fourth-order valence-corrected chi connectivity index (χ4v) is 2.12. The summed E-state index contributed by atoms with van der Waals surface area (Å²) in [5, 5.41) is 11.1. The van der Waals surface area contributed by atoms with Gasteiger partial charge in [-0.3, -0.25) is 30.6 Å². The molecule has 0 fully saturated rings. The third-order valence-corrected chi connectivity index (χ3v) is 3.93. The molecule has 2 aromatic rings. The van der Waals surface area contributed by atoms with Gasteiger partial charge in [0, 0.05) is 22.7 Å². The number of hydrazine groups is 1. The van der Waals surface area contributed by atoms with Gasteiger partial charge in [-0.2, -0.15) is 0 Å². The number of nitrogens with one attached hydrogen (secondary N) is 2. The summed E-state index contributed by atoms with van der Waals surface area (Å²) in [4.78, 5) is 45.1. The maximum atomic E-state index is 11.8. The van der Waals surface area contributed by atoms with Crippen LogP contribution in [-0.2, 0) is 14.3 Å². The van der Waals surface area contributed by atoms with E-state index in [2.05, 4.69) is 10.9 Å². The largest absolute Gasteiger partial charge is 0.482 e. The number of nitro benzene ring substituents is 1. The van der Waals surface area contributed by atoms with E-state index in [0.29, 0.717) is 10.8 Å². The van der Waals surface area contributed by atoms with Crippen LogP contribution in [0.15, 0.2) is 42.5 Å². The summed E-state index contributed by atoms with van der Waals surface area (Å²) >= 11 is 5.89. The van der Waals surface area contributed by atoms with Crippen LogP contribution in [-0.4, -0.2) is 35.9 Å². The SMILES string of the molecule is Cc1cc(OCC(=O)OCC(=O)NNC(=O)c2ccc([N+](=O)[O-])cc2)ccc1Cl. The molecule has 0 spiro atoms. The van der Waals surface area contributed by atoms with Crippen molar-refractivity contribution in [3.8, 4) is 5.75 Å². The third-order valence-electron chi connectivity index (χ3n) is 3.51. The van der Waals surface area contributed by atoms with E-state index in [1.54, 1.807) is 25.1 Å². The normalized spacial score (nSPS) is 10.0. The number of carbonyl (C=O) groups excluding carboxylic acids is 3. The summed E-state index contributed by atoms with van der Waals surface area (Å²) in [6.07, 6.45) is 0. The highest BCUT2D eigenvalue weighted by Crippen LogP contribution is 2.20. The van der Waals surface area contributed by atoms with Crippen molar-refractivity contribution in [1.29, 1.82) is 0 Å². The van der Waals surface area contributed by atoms with Crippen molar-refractivity contribution >= 4 is 35.1 Å². The average molecular weight is 422 g/mol. The lowest BCUT2D eigenvalue weighted by molar-refractivity contribution is -0.384. The number of esters is 1. The molecule has 0 aliphatic heterocycles. The van der Waals surface area contributed by atoms with Gasteiger partial charge in [0.1, 0.15) is 5.75 Å². The number of carbonyl (C=O) groups is 3. The van der Waals surface area contributed by atoms with Gasteiger partial charge in [0.2, 0.25) is 0 Å². The van der Waals surface area contributed by atoms with Crippen LogP contribution >= 0.6 is 11.6 Å². The lowest BCUT2D eigenvalue weighted by atomic mass is 10.2. The quantitative estimate of drug-likeness (QED) is 0.396. The zero-order valence-electron chi connectivity index (χ0n) is 15.1. The highest BCUT2D eigenvalue weighted by Gasteiger charge is 2.12. The molecule has 0 unspecified atom stereocenters. The Bertz CT molecular complexity index is 932. The first kappa shape index (κ1) is 21.6. The number of amides is 2. The van der Waals surface area contributed by atoms with Crippen LogP contribution in [0.2, 0.25) is 5.02 Å². The maximum Gasteiger partial charge on any atom is 0.344 e. The predicted molar refractivity (Wildman–Crippen MR) is 101 cm³/mol. The summed E-state index contributed by atoms with van der Waals surface area (Å²) in [6.45, 7) is 0.731. The number of nitrogens with zero attached hydrogens (tertiary/aromatic N) is 1. The van der Waals surface area contributed by atoms with E-state index in [1.807, 2.05) is 0 Å². The van der Waals surface area contributed by atoms with Gasteiger partial charge in [0.15, 0.2) is 13.2 Å². The number of non-ortho nitro benzene ring substituents is 1. The zero-order chi connectivity index (χ0) is 21.4. The van der Waals surface area contributed by atoms with Crippen LogP contribution < -0.4 is 15.6 Å². The van der Waals surface area contributed by atoms with E-state index >= 15 is 0 Å². The van der Waals surface area contributed by atoms with E-state index in [-0.39, 0.29) is 11.3 Å². The molecule has 0 aromatic heterocycles. The van der Waals surface area contributed by atoms with E-state index in [9.17, 15) is 24.5 Å². The molecule has 0 aliphatic rings. The monoisotopic (exact) mass is 421 g/mol. The van der Waals surface area contributed by atoms with Gasteiger partial charge in [-0.05, 0) is 42.8 Å². The van der Waals surface area contributed by atoms with Crippen LogP contribution in [0.3, 0.4) is 0 Å². The Morgan fingerprint density at radius 2 is 1.76 bits per heavy atom. The minimum Gasteiger partial charge on any atom is -0.482 e. The minimum absolute atomic E-state index is 0.0968.